The average Bonchev–Trinajstić information content (AvgIpc) is 2.70. The van der Waals surface area contributed by atoms with Crippen molar-refractivity contribution in [1.82, 2.24) is 10.2 Å². The zero-order chi connectivity index (χ0) is 12.0. The van der Waals surface area contributed by atoms with E-state index in [1.54, 1.807) is 0 Å². The Labute approximate surface area is 102 Å². The van der Waals surface area contributed by atoms with Gasteiger partial charge in [-0.1, -0.05) is 27.2 Å². The van der Waals surface area contributed by atoms with Crippen LogP contribution in [0.4, 0.5) is 0 Å². The molecule has 0 aromatic carbocycles. The lowest BCUT2D eigenvalue weighted by Gasteiger charge is -2.26. The van der Waals surface area contributed by atoms with Gasteiger partial charge < -0.3 is 10.2 Å². The van der Waals surface area contributed by atoms with Crippen LogP contribution in [0.3, 0.4) is 0 Å². The first-order valence-corrected chi connectivity index (χ1v) is 7.07. The third kappa shape index (κ3) is 4.42. The van der Waals surface area contributed by atoms with Crippen LogP contribution in [0.25, 0.3) is 0 Å². The van der Waals surface area contributed by atoms with Gasteiger partial charge in [0.25, 0.3) is 0 Å². The van der Waals surface area contributed by atoms with Crippen molar-refractivity contribution in [2.45, 2.75) is 52.5 Å². The molecule has 0 saturated heterocycles. The third-order valence-electron chi connectivity index (χ3n) is 3.92. The Morgan fingerprint density at radius 1 is 1.31 bits per heavy atom. The van der Waals surface area contributed by atoms with Gasteiger partial charge in [0.15, 0.2) is 0 Å². The van der Waals surface area contributed by atoms with Gasteiger partial charge >= 0.3 is 0 Å². The van der Waals surface area contributed by atoms with Crippen molar-refractivity contribution in [3.63, 3.8) is 0 Å². The van der Waals surface area contributed by atoms with Crippen molar-refractivity contribution in [2.24, 2.45) is 11.8 Å². The minimum atomic E-state index is 0.790. The fraction of sp³-hybridized carbons (Fsp3) is 1.00. The highest BCUT2D eigenvalue weighted by atomic mass is 15.1. The standard InChI is InChI=1S/C14H30N2/c1-5-16(11-12(2)3)10-9-13-7-6-8-14(13)15-4/h12-15H,5-11H2,1-4H3. The van der Waals surface area contributed by atoms with E-state index in [1.165, 1.54) is 45.3 Å². The second kappa shape index (κ2) is 7.29. The van der Waals surface area contributed by atoms with Crippen LogP contribution < -0.4 is 5.32 Å². The van der Waals surface area contributed by atoms with Crippen LogP contribution in [-0.2, 0) is 0 Å². The second-order valence-corrected chi connectivity index (χ2v) is 5.66. The van der Waals surface area contributed by atoms with Crippen LogP contribution in [-0.4, -0.2) is 37.6 Å². The third-order valence-corrected chi connectivity index (χ3v) is 3.92. The Hall–Kier alpha value is -0.0800. The van der Waals surface area contributed by atoms with Gasteiger partial charge in [0.2, 0.25) is 0 Å². The molecular formula is C14H30N2. The van der Waals surface area contributed by atoms with E-state index < -0.39 is 0 Å². The molecule has 0 bridgehead atoms. The molecule has 0 amide bonds. The fourth-order valence-electron chi connectivity index (χ4n) is 3.01. The summed E-state index contributed by atoms with van der Waals surface area (Å²) in [5, 5.41) is 3.48. The Kier molecular flexibility index (Phi) is 6.37. The summed E-state index contributed by atoms with van der Waals surface area (Å²) in [6, 6.07) is 0.790. The van der Waals surface area contributed by atoms with Crippen LogP contribution >= 0.6 is 0 Å². The maximum Gasteiger partial charge on any atom is 0.00928 e. The van der Waals surface area contributed by atoms with Gasteiger partial charge in [-0.3, -0.25) is 0 Å². The largest absolute Gasteiger partial charge is 0.317 e. The Balaban J connectivity index is 2.25. The molecule has 2 nitrogen and oxygen atoms in total. The van der Waals surface area contributed by atoms with E-state index in [2.05, 4.69) is 38.0 Å². The molecule has 2 atom stereocenters. The molecule has 16 heavy (non-hydrogen) atoms. The van der Waals surface area contributed by atoms with Gasteiger partial charge in [0.1, 0.15) is 0 Å². The smallest absolute Gasteiger partial charge is 0.00928 e. The molecule has 2 heteroatoms. The summed E-state index contributed by atoms with van der Waals surface area (Å²) >= 11 is 0. The van der Waals surface area contributed by atoms with Gasteiger partial charge in [-0.15, -0.1) is 0 Å². The molecule has 2 unspecified atom stereocenters. The molecule has 1 saturated carbocycles. The van der Waals surface area contributed by atoms with Crippen molar-refractivity contribution in [2.75, 3.05) is 26.7 Å². The van der Waals surface area contributed by atoms with Gasteiger partial charge in [-0.05, 0) is 51.2 Å². The predicted molar refractivity (Wildman–Crippen MR) is 71.8 cm³/mol. The first kappa shape index (κ1) is 14.0. The summed E-state index contributed by atoms with van der Waals surface area (Å²) in [5.74, 6) is 1.72. The quantitative estimate of drug-likeness (QED) is 0.718. The SMILES string of the molecule is CCN(CCC1CCCC1NC)CC(C)C. The summed E-state index contributed by atoms with van der Waals surface area (Å²) in [6.45, 7) is 10.7. The zero-order valence-electron chi connectivity index (χ0n) is 11.6. The lowest BCUT2D eigenvalue weighted by molar-refractivity contribution is 0.229. The van der Waals surface area contributed by atoms with Gasteiger partial charge in [0, 0.05) is 12.6 Å². The van der Waals surface area contributed by atoms with E-state index in [4.69, 9.17) is 0 Å². The van der Waals surface area contributed by atoms with Crippen LogP contribution in [0.1, 0.15) is 46.5 Å². The zero-order valence-corrected chi connectivity index (χ0v) is 11.6. The van der Waals surface area contributed by atoms with Crippen LogP contribution in [0, 0.1) is 11.8 Å². The summed E-state index contributed by atoms with van der Waals surface area (Å²) in [5.41, 5.74) is 0. The Morgan fingerprint density at radius 3 is 2.62 bits per heavy atom. The number of rotatable bonds is 7. The minimum Gasteiger partial charge on any atom is -0.317 e. The van der Waals surface area contributed by atoms with Crippen molar-refractivity contribution in [3.8, 4) is 0 Å². The average molecular weight is 226 g/mol. The van der Waals surface area contributed by atoms with Crippen molar-refractivity contribution in [1.29, 1.82) is 0 Å². The number of hydrogen-bond donors (Lipinski definition) is 1. The molecule has 1 N–H and O–H groups in total. The first-order valence-electron chi connectivity index (χ1n) is 7.07. The monoisotopic (exact) mass is 226 g/mol. The van der Waals surface area contributed by atoms with Crippen molar-refractivity contribution >= 4 is 0 Å². The van der Waals surface area contributed by atoms with Gasteiger partial charge in [-0.25, -0.2) is 0 Å². The van der Waals surface area contributed by atoms with Gasteiger partial charge in [-0.2, -0.15) is 0 Å². The van der Waals surface area contributed by atoms with Crippen LogP contribution in [0.2, 0.25) is 0 Å². The predicted octanol–water partition coefficient (Wildman–Crippen LogP) is 2.74. The molecule has 96 valence electrons. The second-order valence-electron chi connectivity index (χ2n) is 5.66. The van der Waals surface area contributed by atoms with E-state index in [9.17, 15) is 0 Å². The van der Waals surface area contributed by atoms with Crippen LogP contribution in [0.15, 0.2) is 0 Å². The lowest BCUT2D eigenvalue weighted by atomic mass is 9.99. The summed E-state index contributed by atoms with van der Waals surface area (Å²) in [4.78, 5) is 2.61. The molecule has 1 fully saturated rings. The molecule has 0 spiro atoms. The number of hydrogen-bond acceptors (Lipinski definition) is 2. The van der Waals surface area contributed by atoms with E-state index >= 15 is 0 Å². The lowest BCUT2D eigenvalue weighted by Crippen LogP contribution is -2.34. The molecule has 0 aromatic rings. The van der Waals surface area contributed by atoms with Gasteiger partial charge in [0.05, 0.1) is 0 Å². The topological polar surface area (TPSA) is 15.3 Å². The number of nitrogens with zero attached hydrogens (tertiary/aromatic N) is 1. The molecule has 0 heterocycles. The first-order chi connectivity index (χ1) is 7.67. The molecule has 1 aliphatic rings. The normalized spacial score (nSPS) is 25.9. The maximum absolute atomic E-state index is 3.48. The summed E-state index contributed by atoms with van der Waals surface area (Å²) < 4.78 is 0. The Morgan fingerprint density at radius 2 is 2.06 bits per heavy atom. The summed E-state index contributed by atoms with van der Waals surface area (Å²) in [7, 11) is 2.12. The number of nitrogens with one attached hydrogen (secondary N) is 1. The Bertz CT molecular complexity index is 180. The molecular weight excluding hydrogens is 196 g/mol. The fourth-order valence-corrected chi connectivity index (χ4v) is 3.01. The maximum atomic E-state index is 3.48. The highest BCUT2D eigenvalue weighted by Gasteiger charge is 2.25. The molecule has 0 radical (unpaired) electrons. The molecule has 0 aliphatic heterocycles. The van der Waals surface area contributed by atoms with E-state index in [0.29, 0.717) is 0 Å². The van der Waals surface area contributed by atoms with E-state index in [1.807, 2.05) is 0 Å². The van der Waals surface area contributed by atoms with Crippen molar-refractivity contribution < 1.29 is 0 Å². The minimum absolute atomic E-state index is 0.790. The van der Waals surface area contributed by atoms with Crippen LogP contribution in [0.5, 0.6) is 0 Å². The molecule has 0 aromatic heterocycles. The summed E-state index contributed by atoms with van der Waals surface area (Å²) in [6.07, 6.45) is 5.63. The van der Waals surface area contributed by atoms with E-state index in [-0.39, 0.29) is 0 Å². The highest BCUT2D eigenvalue weighted by Crippen LogP contribution is 2.28. The van der Waals surface area contributed by atoms with E-state index in [0.717, 1.165) is 17.9 Å². The highest BCUT2D eigenvalue weighted by molar-refractivity contribution is 4.82. The molecule has 1 rings (SSSR count). The molecule has 1 aliphatic carbocycles. The van der Waals surface area contributed by atoms with Crippen molar-refractivity contribution in [3.05, 3.63) is 0 Å².